The Balaban J connectivity index is 1.70. The van der Waals surface area contributed by atoms with Crippen LogP contribution in [0.4, 0.5) is 0 Å². The number of hydrazone groups is 1. The van der Waals surface area contributed by atoms with E-state index in [0.717, 1.165) is 22.4 Å². The van der Waals surface area contributed by atoms with E-state index in [1.807, 2.05) is 44.2 Å². The molecule has 1 heterocycles. The van der Waals surface area contributed by atoms with E-state index in [0.29, 0.717) is 29.5 Å². The number of carbonyl (C=O) groups is 1. The van der Waals surface area contributed by atoms with Crippen LogP contribution in [-0.2, 0) is 0 Å². The van der Waals surface area contributed by atoms with Gasteiger partial charge in [0.05, 0.1) is 32.7 Å². The van der Waals surface area contributed by atoms with Gasteiger partial charge in [0, 0.05) is 11.1 Å². The molecule has 0 fully saturated rings. The molecule has 0 saturated heterocycles. The summed E-state index contributed by atoms with van der Waals surface area (Å²) in [5, 5.41) is 11.1. The van der Waals surface area contributed by atoms with Crippen molar-refractivity contribution in [1.82, 2.24) is 15.6 Å². The third-order valence-electron chi connectivity index (χ3n) is 4.46. The first-order chi connectivity index (χ1) is 14.6. The number of aromatic amines is 1. The number of hydrogen-bond acceptors (Lipinski definition) is 6. The highest BCUT2D eigenvalue weighted by atomic mass is 16.5. The van der Waals surface area contributed by atoms with Crippen molar-refractivity contribution in [1.29, 1.82) is 0 Å². The van der Waals surface area contributed by atoms with E-state index in [9.17, 15) is 4.79 Å². The highest BCUT2D eigenvalue weighted by Gasteiger charge is 2.16. The third-order valence-corrected chi connectivity index (χ3v) is 4.46. The van der Waals surface area contributed by atoms with E-state index < -0.39 is 0 Å². The lowest BCUT2D eigenvalue weighted by Crippen LogP contribution is -2.19. The lowest BCUT2D eigenvalue weighted by Gasteiger charge is -2.07. The Kier molecular flexibility index (Phi) is 6.69. The maximum Gasteiger partial charge on any atom is 0.289 e. The summed E-state index contributed by atoms with van der Waals surface area (Å²) in [6, 6.07) is 12.9. The zero-order valence-electron chi connectivity index (χ0n) is 17.4. The lowest BCUT2D eigenvalue weighted by molar-refractivity contribution is 0.0949. The van der Waals surface area contributed by atoms with E-state index in [4.69, 9.17) is 14.2 Å². The molecule has 0 bridgehead atoms. The molecule has 0 aliphatic heterocycles. The fourth-order valence-electron chi connectivity index (χ4n) is 2.93. The molecule has 8 nitrogen and oxygen atoms in total. The van der Waals surface area contributed by atoms with Gasteiger partial charge in [-0.05, 0) is 61.9 Å². The second-order valence-electron chi connectivity index (χ2n) is 6.34. The summed E-state index contributed by atoms with van der Waals surface area (Å²) in [5.41, 5.74) is 5.94. The second-order valence-corrected chi connectivity index (χ2v) is 6.34. The fourth-order valence-corrected chi connectivity index (χ4v) is 2.93. The fraction of sp³-hybridized carbons (Fsp3) is 0.227. The van der Waals surface area contributed by atoms with Gasteiger partial charge in [0.1, 0.15) is 11.4 Å². The molecule has 0 atom stereocenters. The smallest absolute Gasteiger partial charge is 0.289 e. The van der Waals surface area contributed by atoms with Gasteiger partial charge >= 0.3 is 0 Å². The maximum absolute atomic E-state index is 12.5. The van der Waals surface area contributed by atoms with Crippen LogP contribution in [0.15, 0.2) is 47.6 Å². The minimum atomic E-state index is -0.381. The van der Waals surface area contributed by atoms with Crippen LogP contribution >= 0.6 is 0 Å². The molecule has 3 rings (SSSR count). The van der Waals surface area contributed by atoms with Gasteiger partial charge in [-0.2, -0.15) is 10.2 Å². The number of ether oxygens (including phenoxy) is 3. The van der Waals surface area contributed by atoms with Crippen LogP contribution in [0.5, 0.6) is 17.2 Å². The van der Waals surface area contributed by atoms with E-state index in [1.54, 1.807) is 26.4 Å². The molecule has 0 aliphatic carbocycles. The minimum Gasteiger partial charge on any atom is -0.494 e. The number of aromatic nitrogens is 2. The van der Waals surface area contributed by atoms with Gasteiger partial charge in [-0.15, -0.1) is 0 Å². The summed E-state index contributed by atoms with van der Waals surface area (Å²) in [6.45, 7) is 4.38. The molecule has 0 saturated carbocycles. The Labute approximate surface area is 174 Å². The number of hydrogen-bond donors (Lipinski definition) is 2. The molecule has 2 aromatic carbocycles. The summed E-state index contributed by atoms with van der Waals surface area (Å²) >= 11 is 0. The molecular weight excluding hydrogens is 384 g/mol. The number of nitrogens with zero attached hydrogens (tertiary/aromatic N) is 2. The van der Waals surface area contributed by atoms with Crippen molar-refractivity contribution in [3.8, 4) is 28.5 Å². The molecule has 8 heteroatoms. The van der Waals surface area contributed by atoms with Crippen LogP contribution < -0.4 is 19.6 Å². The van der Waals surface area contributed by atoms with E-state index >= 15 is 0 Å². The summed E-state index contributed by atoms with van der Waals surface area (Å²) in [7, 11) is 3.13. The zero-order chi connectivity index (χ0) is 21.5. The van der Waals surface area contributed by atoms with Crippen LogP contribution in [0.3, 0.4) is 0 Å². The van der Waals surface area contributed by atoms with Crippen molar-refractivity contribution in [3.05, 3.63) is 59.3 Å². The third kappa shape index (κ3) is 4.60. The van der Waals surface area contributed by atoms with E-state index in [-0.39, 0.29) is 5.91 Å². The predicted molar refractivity (Wildman–Crippen MR) is 115 cm³/mol. The van der Waals surface area contributed by atoms with E-state index in [1.165, 1.54) is 6.21 Å². The van der Waals surface area contributed by atoms with Gasteiger partial charge in [0.25, 0.3) is 5.91 Å². The predicted octanol–water partition coefficient (Wildman–Crippen LogP) is 3.56. The second kappa shape index (κ2) is 9.60. The number of H-pyrrole nitrogens is 1. The first-order valence-electron chi connectivity index (χ1n) is 9.41. The Morgan fingerprint density at radius 1 is 1.13 bits per heavy atom. The monoisotopic (exact) mass is 408 g/mol. The van der Waals surface area contributed by atoms with Crippen molar-refractivity contribution < 1.29 is 19.0 Å². The number of amides is 1. The van der Waals surface area contributed by atoms with Gasteiger partial charge in [0.2, 0.25) is 0 Å². The van der Waals surface area contributed by atoms with Crippen LogP contribution in [-0.4, -0.2) is 43.1 Å². The normalized spacial score (nSPS) is 10.8. The number of nitrogens with one attached hydrogen (secondary N) is 2. The molecule has 0 unspecified atom stereocenters. The Bertz CT molecular complexity index is 1040. The van der Waals surface area contributed by atoms with Gasteiger partial charge in [-0.3, -0.25) is 9.89 Å². The van der Waals surface area contributed by atoms with E-state index in [2.05, 4.69) is 20.7 Å². The summed E-state index contributed by atoms with van der Waals surface area (Å²) in [6.07, 6.45) is 1.53. The molecular formula is C22H24N4O4. The zero-order valence-corrected chi connectivity index (χ0v) is 17.4. The first-order valence-corrected chi connectivity index (χ1v) is 9.41. The number of rotatable bonds is 8. The van der Waals surface area contributed by atoms with Crippen molar-refractivity contribution in [3.63, 3.8) is 0 Å². The van der Waals surface area contributed by atoms with Crippen LogP contribution in [0, 0.1) is 6.92 Å². The average molecular weight is 408 g/mol. The first kappa shape index (κ1) is 20.9. The number of benzene rings is 2. The summed E-state index contributed by atoms with van der Waals surface area (Å²) in [4.78, 5) is 12.5. The Morgan fingerprint density at radius 3 is 2.53 bits per heavy atom. The van der Waals surface area contributed by atoms with Crippen molar-refractivity contribution in [2.75, 3.05) is 20.8 Å². The molecule has 156 valence electrons. The summed E-state index contributed by atoms with van der Waals surface area (Å²) < 4.78 is 15.9. The van der Waals surface area contributed by atoms with Crippen molar-refractivity contribution in [2.45, 2.75) is 13.8 Å². The quantitative estimate of drug-likeness (QED) is 0.439. The van der Waals surface area contributed by atoms with Gasteiger partial charge in [-0.25, -0.2) is 5.43 Å². The molecule has 0 spiro atoms. The maximum atomic E-state index is 12.5. The Hall–Kier alpha value is -3.81. The van der Waals surface area contributed by atoms with Crippen LogP contribution in [0.1, 0.15) is 28.5 Å². The number of carbonyl (C=O) groups excluding carboxylic acids is 1. The van der Waals surface area contributed by atoms with Gasteiger partial charge < -0.3 is 14.2 Å². The average Bonchev–Trinajstić information content (AvgIpc) is 3.15. The summed E-state index contributed by atoms with van der Waals surface area (Å²) in [5.74, 6) is 1.61. The van der Waals surface area contributed by atoms with Crippen molar-refractivity contribution >= 4 is 12.1 Å². The molecule has 1 aromatic heterocycles. The van der Waals surface area contributed by atoms with Gasteiger partial charge in [0.15, 0.2) is 11.5 Å². The van der Waals surface area contributed by atoms with Crippen LogP contribution in [0.25, 0.3) is 11.3 Å². The minimum absolute atomic E-state index is 0.350. The topological polar surface area (TPSA) is 97.8 Å². The van der Waals surface area contributed by atoms with Crippen LogP contribution in [0.2, 0.25) is 0 Å². The van der Waals surface area contributed by atoms with Gasteiger partial charge in [-0.1, -0.05) is 0 Å². The molecule has 2 N–H and O–H groups in total. The molecule has 0 aliphatic rings. The van der Waals surface area contributed by atoms with Crippen molar-refractivity contribution in [2.24, 2.45) is 5.10 Å². The molecule has 3 aromatic rings. The molecule has 0 radical (unpaired) electrons. The number of methoxy groups -OCH3 is 2. The highest BCUT2D eigenvalue weighted by molar-refractivity contribution is 5.96. The standard InChI is InChI=1S/C22H24N4O4/c1-5-30-17-9-7-16(8-10-17)20-14(2)21(25-24-20)22(27)26-23-13-15-6-11-18(28-3)19(12-15)29-4/h6-13H,5H2,1-4H3,(H,24,25)(H,26,27)/b23-13+. The lowest BCUT2D eigenvalue weighted by atomic mass is 10.1. The largest absolute Gasteiger partial charge is 0.494 e. The highest BCUT2D eigenvalue weighted by Crippen LogP contribution is 2.27. The SMILES string of the molecule is CCOc1ccc(-c2n[nH]c(C(=O)N/N=C/c3ccc(OC)c(OC)c3)c2C)cc1. The molecule has 30 heavy (non-hydrogen) atoms. The molecule has 1 amide bonds. The Morgan fingerprint density at radius 2 is 1.87 bits per heavy atom.